The summed E-state index contributed by atoms with van der Waals surface area (Å²) in [6, 6.07) is 7.20. The Morgan fingerprint density at radius 2 is 2.04 bits per heavy atom. The number of halogens is 1. The summed E-state index contributed by atoms with van der Waals surface area (Å²) in [5, 5.41) is 8.83. The molecule has 0 bridgehead atoms. The smallest absolute Gasteiger partial charge is 0.239 e. The number of hydrogen-bond acceptors (Lipinski definition) is 4. The lowest BCUT2D eigenvalue weighted by Gasteiger charge is -2.22. The van der Waals surface area contributed by atoms with E-state index >= 15 is 0 Å². The van der Waals surface area contributed by atoms with Gasteiger partial charge in [0.2, 0.25) is 11.8 Å². The van der Waals surface area contributed by atoms with Crippen LogP contribution in [0.4, 0.5) is 5.69 Å². The largest absolute Gasteiger partial charge is 0.378 e. The Morgan fingerprint density at radius 3 is 2.65 bits per heavy atom. The maximum Gasteiger partial charge on any atom is 0.239 e. The third-order valence-corrected chi connectivity index (χ3v) is 3.42. The molecule has 0 saturated carbocycles. The molecule has 0 aliphatic carbocycles. The summed E-state index contributed by atoms with van der Waals surface area (Å²) in [5.74, 6) is -0.0352. The summed E-state index contributed by atoms with van der Waals surface area (Å²) in [6.07, 6.45) is 1.35. The van der Waals surface area contributed by atoms with Crippen LogP contribution < -0.4 is 16.0 Å². The molecule has 0 radical (unpaired) electrons. The zero-order valence-corrected chi connectivity index (χ0v) is 14.1. The topological polar surface area (TPSA) is 79.5 Å². The fourth-order valence-electron chi connectivity index (χ4n) is 2.20. The highest BCUT2D eigenvalue weighted by Gasteiger charge is 2.20. The molecule has 23 heavy (non-hydrogen) atoms. The maximum atomic E-state index is 11.9. The third kappa shape index (κ3) is 6.56. The molecule has 1 atom stereocenters. The molecule has 1 unspecified atom stereocenters. The predicted molar refractivity (Wildman–Crippen MR) is 91.7 cm³/mol. The number of carbonyl (C=O) groups is 2. The number of ether oxygens (including phenoxy) is 1. The number of morpholine rings is 1. The van der Waals surface area contributed by atoms with Gasteiger partial charge in [-0.25, -0.2) is 0 Å². The molecule has 1 aliphatic heterocycles. The molecular weight excluding hydrogens is 318 g/mol. The molecule has 1 aliphatic rings. The van der Waals surface area contributed by atoms with Crippen LogP contribution in [0.15, 0.2) is 24.3 Å². The van der Waals surface area contributed by atoms with E-state index in [1.54, 1.807) is 0 Å². The van der Waals surface area contributed by atoms with Gasteiger partial charge in [0.1, 0.15) is 6.04 Å². The maximum absolute atomic E-state index is 11.9. The molecule has 2 rings (SSSR count). The van der Waals surface area contributed by atoms with Gasteiger partial charge in [-0.1, -0.05) is 19.1 Å². The van der Waals surface area contributed by atoms with Crippen molar-refractivity contribution in [3.8, 4) is 0 Å². The number of hydrogen-bond donors (Lipinski definition) is 3. The Balaban J connectivity index is 0.00000264. The molecule has 1 aromatic carbocycles. The van der Waals surface area contributed by atoms with Gasteiger partial charge in [0, 0.05) is 25.2 Å². The molecule has 128 valence electrons. The van der Waals surface area contributed by atoms with E-state index in [2.05, 4.69) is 16.0 Å². The van der Waals surface area contributed by atoms with Gasteiger partial charge >= 0.3 is 0 Å². The molecular formula is C16H24ClN3O3. The summed E-state index contributed by atoms with van der Waals surface area (Å²) in [6.45, 7) is 4.19. The molecule has 6 nitrogen and oxygen atoms in total. The van der Waals surface area contributed by atoms with Crippen molar-refractivity contribution < 1.29 is 14.3 Å². The molecule has 1 heterocycles. The first-order valence-corrected chi connectivity index (χ1v) is 7.66. The molecule has 0 spiro atoms. The van der Waals surface area contributed by atoms with E-state index in [1.165, 1.54) is 0 Å². The molecule has 1 aromatic rings. The molecule has 3 N–H and O–H groups in total. The normalized spacial score (nSPS) is 17.0. The second-order valence-electron chi connectivity index (χ2n) is 5.29. The minimum Gasteiger partial charge on any atom is -0.378 e. The Morgan fingerprint density at radius 1 is 1.30 bits per heavy atom. The van der Waals surface area contributed by atoms with Gasteiger partial charge in [-0.15, -0.1) is 12.4 Å². The average molecular weight is 342 g/mol. The Bertz CT molecular complexity index is 502. The van der Waals surface area contributed by atoms with Crippen LogP contribution in [-0.2, 0) is 20.9 Å². The Labute approximate surface area is 142 Å². The van der Waals surface area contributed by atoms with Crippen molar-refractivity contribution in [1.82, 2.24) is 10.6 Å². The van der Waals surface area contributed by atoms with Crippen LogP contribution in [0.1, 0.15) is 25.3 Å². The van der Waals surface area contributed by atoms with Gasteiger partial charge in [-0.05, 0) is 24.1 Å². The monoisotopic (exact) mass is 341 g/mol. The van der Waals surface area contributed by atoms with E-state index in [9.17, 15) is 9.59 Å². The fraction of sp³-hybridized carbons (Fsp3) is 0.500. The Hall–Kier alpha value is -1.63. The van der Waals surface area contributed by atoms with Gasteiger partial charge in [0.25, 0.3) is 0 Å². The highest BCUT2D eigenvalue weighted by molar-refractivity contribution is 5.90. The molecule has 0 aromatic heterocycles. The lowest BCUT2D eigenvalue weighted by atomic mass is 10.2. The first kappa shape index (κ1) is 19.4. The summed E-state index contributed by atoms with van der Waals surface area (Å²) in [5.41, 5.74) is 1.76. The van der Waals surface area contributed by atoms with Crippen LogP contribution in [0.2, 0.25) is 0 Å². The van der Waals surface area contributed by atoms with Crippen molar-refractivity contribution >= 4 is 29.9 Å². The van der Waals surface area contributed by atoms with Crippen LogP contribution in [-0.4, -0.2) is 37.6 Å². The number of nitrogens with one attached hydrogen (secondary N) is 3. The minimum atomic E-state index is -0.277. The molecule has 1 saturated heterocycles. The van der Waals surface area contributed by atoms with E-state index in [0.717, 1.165) is 17.7 Å². The third-order valence-electron chi connectivity index (χ3n) is 3.42. The second kappa shape index (κ2) is 10.2. The minimum absolute atomic E-state index is 0. The van der Waals surface area contributed by atoms with Gasteiger partial charge in [0.05, 0.1) is 13.2 Å². The van der Waals surface area contributed by atoms with E-state index < -0.39 is 0 Å². The summed E-state index contributed by atoms with van der Waals surface area (Å²) < 4.78 is 5.26. The van der Waals surface area contributed by atoms with Crippen LogP contribution in [0, 0.1) is 0 Å². The number of amides is 2. The quantitative estimate of drug-likeness (QED) is 0.731. The highest BCUT2D eigenvalue weighted by atomic mass is 35.5. The summed E-state index contributed by atoms with van der Waals surface area (Å²) in [7, 11) is 0. The average Bonchev–Trinajstić information content (AvgIpc) is 2.55. The summed E-state index contributed by atoms with van der Waals surface area (Å²) >= 11 is 0. The van der Waals surface area contributed by atoms with Crippen molar-refractivity contribution in [2.75, 3.05) is 25.1 Å². The lowest BCUT2D eigenvalue weighted by Crippen LogP contribution is -2.51. The van der Waals surface area contributed by atoms with Crippen LogP contribution in [0.25, 0.3) is 0 Å². The molecule has 1 fully saturated rings. The number of benzene rings is 1. The SMILES string of the molecule is CCCC(=O)Nc1ccc(CNC(=O)C2COCCN2)cc1.Cl. The zero-order valence-electron chi connectivity index (χ0n) is 13.3. The van der Waals surface area contributed by atoms with E-state index in [1.807, 2.05) is 31.2 Å². The van der Waals surface area contributed by atoms with Crippen molar-refractivity contribution in [2.45, 2.75) is 32.4 Å². The fourth-order valence-corrected chi connectivity index (χ4v) is 2.20. The standard InChI is InChI=1S/C16H23N3O3.ClH/c1-2-3-15(20)19-13-6-4-12(5-7-13)10-18-16(21)14-11-22-9-8-17-14;/h4-7,14,17H,2-3,8-11H2,1H3,(H,18,21)(H,19,20);1H. The van der Waals surface area contributed by atoms with E-state index in [-0.39, 0.29) is 30.3 Å². The van der Waals surface area contributed by atoms with Crippen molar-refractivity contribution in [3.05, 3.63) is 29.8 Å². The van der Waals surface area contributed by atoms with Crippen LogP contribution >= 0.6 is 12.4 Å². The highest BCUT2D eigenvalue weighted by Crippen LogP contribution is 2.10. The number of anilines is 1. The van der Waals surface area contributed by atoms with Crippen LogP contribution in [0.5, 0.6) is 0 Å². The van der Waals surface area contributed by atoms with E-state index in [0.29, 0.717) is 32.7 Å². The van der Waals surface area contributed by atoms with E-state index in [4.69, 9.17) is 4.74 Å². The first-order chi connectivity index (χ1) is 10.7. The number of carbonyl (C=O) groups excluding carboxylic acids is 2. The van der Waals surface area contributed by atoms with Gasteiger partial charge in [0.15, 0.2) is 0 Å². The van der Waals surface area contributed by atoms with Crippen molar-refractivity contribution in [1.29, 1.82) is 0 Å². The molecule has 2 amide bonds. The van der Waals surface area contributed by atoms with Crippen molar-refractivity contribution in [3.63, 3.8) is 0 Å². The summed E-state index contributed by atoms with van der Waals surface area (Å²) in [4.78, 5) is 23.4. The van der Waals surface area contributed by atoms with Gasteiger partial charge in [-0.2, -0.15) is 0 Å². The van der Waals surface area contributed by atoms with Gasteiger partial charge < -0.3 is 20.7 Å². The Kier molecular flexibility index (Phi) is 8.61. The number of rotatable bonds is 6. The first-order valence-electron chi connectivity index (χ1n) is 7.66. The van der Waals surface area contributed by atoms with Gasteiger partial charge in [-0.3, -0.25) is 9.59 Å². The van der Waals surface area contributed by atoms with Crippen molar-refractivity contribution in [2.24, 2.45) is 0 Å². The zero-order chi connectivity index (χ0) is 15.8. The predicted octanol–water partition coefficient (Wildman–Crippen LogP) is 1.45. The lowest BCUT2D eigenvalue weighted by molar-refractivity contribution is -0.126. The van der Waals surface area contributed by atoms with Crippen LogP contribution in [0.3, 0.4) is 0 Å². The second-order valence-corrected chi connectivity index (χ2v) is 5.29. The molecule has 7 heteroatoms.